The lowest BCUT2D eigenvalue weighted by molar-refractivity contribution is -0.123. The zero-order valence-corrected chi connectivity index (χ0v) is 15.3. The van der Waals surface area contributed by atoms with Gasteiger partial charge in [-0.3, -0.25) is 10.1 Å². The Morgan fingerprint density at radius 1 is 1.15 bits per heavy atom. The van der Waals surface area contributed by atoms with Gasteiger partial charge in [-0.2, -0.15) is 0 Å². The number of imide groups is 1. The normalized spacial score (nSPS) is 13.0. The van der Waals surface area contributed by atoms with Crippen molar-refractivity contribution in [3.05, 3.63) is 40.5 Å². The van der Waals surface area contributed by atoms with Gasteiger partial charge in [0.15, 0.2) is 6.61 Å². The lowest BCUT2D eigenvalue weighted by atomic mass is 9.95. The quantitative estimate of drug-likeness (QED) is 0.811. The molecule has 0 aliphatic heterocycles. The number of hydrogen-bond donors (Lipinski definition) is 1. The molecule has 2 amide bonds. The summed E-state index contributed by atoms with van der Waals surface area (Å²) in [5.74, 6) is -1.27. The molecule has 7 nitrogen and oxygen atoms in total. The number of fused-ring (bicyclic) bond motifs is 1. The predicted molar refractivity (Wildman–Crippen MR) is 95.7 cm³/mol. The summed E-state index contributed by atoms with van der Waals surface area (Å²) in [6.45, 7) is 1.25. The second-order valence-corrected chi connectivity index (χ2v) is 6.91. The van der Waals surface area contributed by atoms with Gasteiger partial charge in [-0.15, -0.1) is 11.3 Å². The number of aromatic nitrogens is 1. The van der Waals surface area contributed by atoms with Crippen LogP contribution in [0.2, 0.25) is 0 Å². The third-order valence-corrected chi connectivity index (χ3v) is 5.35. The minimum Gasteiger partial charge on any atom is -0.452 e. The topological polar surface area (TPSA) is 86.6 Å². The number of carbonyl (C=O) groups is 3. The van der Waals surface area contributed by atoms with Gasteiger partial charge in [0.1, 0.15) is 5.00 Å². The molecule has 0 saturated carbocycles. The molecular formula is C18H20N2O5S. The Morgan fingerprint density at radius 2 is 1.88 bits per heavy atom. The number of thiophene rings is 1. The van der Waals surface area contributed by atoms with Crippen LogP contribution in [0.15, 0.2) is 24.5 Å². The predicted octanol–water partition coefficient (Wildman–Crippen LogP) is 2.85. The Morgan fingerprint density at radius 3 is 2.62 bits per heavy atom. The van der Waals surface area contributed by atoms with E-state index in [4.69, 9.17) is 4.74 Å². The highest BCUT2D eigenvalue weighted by Gasteiger charge is 2.27. The fraction of sp³-hybridized carbons (Fsp3) is 0.389. The van der Waals surface area contributed by atoms with Gasteiger partial charge in [0.2, 0.25) is 0 Å². The minimum atomic E-state index is -0.852. The lowest BCUT2D eigenvalue weighted by Crippen LogP contribution is -2.34. The Balaban J connectivity index is 1.75. The van der Waals surface area contributed by atoms with E-state index < -0.39 is 24.6 Å². The zero-order valence-electron chi connectivity index (χ0n) is 14.4. The van der Waals surface area contributed by atoms with Crippen molar-refractivity contribution in [2.75, 3.05) is 13.2 Å². The second-order valence-electron chi connectivity index (χ2n) is 5.83. The van der Waals surface area contributed by atoms with Crippen LogP contribution in [0.1, 0.15) is 40.6 Å². The molecule has 0 fully saturated rings. The van der Waals surface area contributed by atoms with Crippen LogP contribution in [0, 0.1) is 0 Å². The summed E-state index contributed by atoms with van der Waals surface area (Å²) < 4.78 is 11.7. The lowest BCUT2D eigenvalue weighted by Gasteiger charge is -2.12. The molecule has 0 bridgehead atoms. The molecule has 3 rings (SSSR count). The molecule has 8 heteroatoms. The summed E-state index contributed by atoms with van der Waals surface area (Å²) in [6, 6.07) is 3.78. The van der Waals surface area contributed by atoms with E-state index in [-0.39, 0.29) is 6.61 Å². The van der Waals surface area contributed by atoms with E-state index in [0.717, 1.165) is 36.2 Å². The van der Waals surface area contributed by atoms with Crippen molar-refractivity contribution >= 4 is 29.3 Å². The van der Waals surface area contributed by atoms with Gasteiger partial charge in [0, 0.05) is 17.3 Å². The third-order valence-electron chi connectivity index (χ3n) is 4.05. The van der Waals surface area contributed by atoms with Crippen LogP contribution in [0.4, 0.5) is 4.79 Å². The summed E-state index contributed by atoms with van der Waals surface area (Å²) in [5.41, 5.74) is 1.53. The van der Waals surface area contributed by atoms with Gasteiger partial charge in [0.05, 0.1) is 12.2 Å². The number of nitrogens with zero attached hydrogens (tertiary/aromatic N) is 1. The maximum Gasteiger partial charge on any atom is 0.413 e. The van der Waals surface area contributed by atoms with Gasteiger partial charge < -0.3 is 14.0 Å². The number of hydrogen-bond acceptors (Lipinski definition) is 6. The Labute approximate surface area is 154 Å². The van der Waals surface area contributed by atoms with Crippen LogP contribution in [-0.2, 0) is 27.1 Å². The molecule has 0 saturated heterocycles. The average molecular weight is 376 g/mol. The van der Waals surface area contributed by atoms with Crippen molar-refractivity contribution in [3.8, 4) is 5.00 Å². The van der Waals surface area contributed by atoms with Gasteiger partial charge in [-0.25, -0.2) is 9.59 Å². The molecule has 0 unspecified atom stereocenters. The third kappa shape index (κ3) is 3.96. The SMILES string of the molecule is CCOC(=O)NC(=O)COC(=O)c1c(-n2cccc2)sc2c1CCCC2. The molecule has 1 N–H and O–H groups in total. The van der Waals surface area contributed by atoms with Crippen LogP contribution in [0.5, 0.6) is 0 Å². The number of ether oxygens (including phenoxy) is 2. The van der Waals surface area contributed by atoms with E-state index in [0.29, 0.717) is 5.56 Å². The number of carbonyl (C=O) groups excluding carboxylic acids is 3. The molecule has 1 aliphatic rings. The number of rotatable bonds is 5. The summed E-state index contributed by atoms with van der Waals surface area (Å²) in [6.07, 6.45) is 6.81. The molecule has 26 heavy (non-hydrogen) atoms. The van der Waals surface area contributed by atoms with Crippen LogP contribution in [-0.4, -0.2) is 35.8 Å². The molecule has 2 heterocycles. The molecule has 0 aromatic carbocycles. The number of nitrogens with one attached hydrogen (secondary N) is 1. The van der Waals surface area contributed by atoms with E-state index in [1.54, 1.807) is 18.3 Å². The van der Waals surface area contributed by atoms with Crippen LogP contribution in [0.3, 0.4) is 0 Å². The van der Waals surface area contributed by atoms with Gasteiger partial charge >= 0.3 is 12.1 Å². The van der Waals surface area contributed by atoms with Crippen LogP contribution in [0.25, 0.3) is 5.00 Å². The summed E-state index contributed by atoms with van der Waals surface area (Å²) >= 11 is 1.59. The Hall–Kier alpha value is -2.61. The van der Waals surface area contributed by atoms with Gasteiger partial charge in [0.25, 0.3) is 5.91 Å². The fourth-order valence-corrected chi connectivity index (χ4v) is 4.28. The van der Waals surface area contributed by atoms with Gasteiger partial charge in [-0.05, 0) is 50.3 Å². The number of alkyl carbamates (subject to hydrolysis) is 1. The molecule has 2 aromatic heterocycles. The van der Waals surface area contributed by atoms with Crippen molar-refractivity contribution in [2.45, 2.75) is 32.6 Å². The maximum absolute atomic E-state index is 12.7. The Kier molecular flexibility index (Phi) is 5.72. The van der Waals surface area contributed by atoms with E-state index in [2.05, 4.69) is 4.74 Å². The first-order valence-electron chi connectivity index (χ1n) is 8.51. The van der Waals surface area contributed by atoms with Crippen molar-refractivity contribution in [3.63, 3.8) is 0 Å². The standard InChI is InChI=1S/C18H20N2O5S/c1-2-24-18(23)19-14(21)11-25-17(22)15-12-7-3-4-8-13(12)26-16(15)20-9-5-6-10-20/h5-6,9-10H,2-4,7-8,11H2,1H3,(H,19,21,23). The summed E-state index contributed by atoms with van der Waals surface area (Å²) in [7, 11) is 0. The number of aryl methyl sites for hydroxylation is 1. The highest BCUT2D eigenvalue weighted by atomic mass is 32.1. The highest BCUT2D eigenvalue weighted by molar-refractivity contribution is 7.15. The number of esters is 1. The van der Waals surface area contributed by atoms with E-state index >= 15 is 0 Å². The summed E-state index contributed by atoms with van der Waals surface area (Å²) in [4.78, 5) is 36.8. The summed E-state index contributed by atoms with van der Waals surface area (Å²) in [5, 5.41) is 2.81. The monoisotopic (exact) mass is 376 g/mol. The molecule has 138 valence electrons. The van der Waals surface area contributed by atoms with Crippen molar-refractivity contribution in [1.82, 2.24) is 9.88 Å². The largest absolute Gasteiger partial charge is 0.452 e. The average Bonchev–Trinajstić information content (AvgIpc) is 3.27. The second kappa shape index (κ2) is 8.18. The zero-order chi connectivity index (χ0) is 18.5. The molecule has 0 atom stereocenters. The van der Waals surface area contributed by atoms with E-state index in [1.807, 2.05) is 34.4 Å². The Bertz CT molecular complexity index is 810. The van der Waals surface area contributed by atoms with E-state index in [1.165, 1.54) is 4.88 Å². The van der Waals surface area contributed by atoms with Crippen molar-refractivity contribution < 1.29 is 23.9 Å². The van der Waals surface area contributed by atoms with Crippen molar-refractivity contribution in [2.24, 2.45) is 0 Å². The minimum absolute atomic E-state index is 0.153. The number of amides is 2. The molecule has 0 spiro atoms. The van der Waals surface area contributed by atoms with Crippen LogP contribution >= 0.6 is 11.3 Å². The van der Waals surface area contributed by atoms with E-state index in [9.17, 15) is 14.4 Å². The van der Waals surface area contributed by atoms with Crippen LogP contribution < -0.4 is 5.32 Å². The molecule has 2 aromatic rings. The fourth-order valence-electron chi connectivity index (χ4n) is 2.93. The maximum atomic E-state index is 12.7. The first kappa shape index (κ1) is 18.2. The highest BCUT2D eigenvalue weighted by Crippen LogP contribution is 2.37. The molecule has 1 aliphatic carbocycles. The first-order valence-corrected chi connectivity index (χ1v) is 9.33. The first-order chi connectivity index (χ1) is 12.6. The smallest absolute Gasteiger partial charge is 0.413 e. The van der Waals surface area contributed by atoms with Gasteiger partial charge in [-0.1, -0.05) is 0 Å². The molecular weight excluding hydrogens is 356 g/mol. The molecule has 0 radical (unpaired) electrons. The van der Waals surface area contributed by atoms with Crippen molar-refractivity contribution in [1.29, 1.82) is 0 Å².